The first-order valence-corrected chi connectivity index (χ1v) is 29.9. The molecule has 85 heavy (non-hydrogen) atoms. The predicted molar refractivity (Wildman–Crippen MR) is 312 cm³/mol. The van der Waals surface area contributed by atoms with Crippen LogP contribution in [-0.2, 0) is 32.7 Å². The van der Waals surface area contributed by atoms with Gasteiger partial charge in [0.1, 0.15) is 42.1 Å². The molecular weight excluding hydrogens is 1090 g/mol. The van der Waals surface area contributed by atoms with Crippen LogP contribution in [0.3, 0.4) is 0 Å². The quantitative estimate of drug-likeness (QED) is 0.0849. The summed E-state index contributed by atoms with van der Waals surface area (Å²) in [5.41, 5.74) is 1.75. The van der Waals surface area contributed by atoms with Gasteiger partial charge < -0.3 is 29.1 Å². The number of imidazole rings is 1. The van der Waals surface area contributed by atoms with E-state index >= 15 is 8.78 Å². The number of terminal acetylenes is 1. The monoisotopic (exact) mass is 1160 g/mol. The van der Waals surface area contributed by atoms with E-state index < -0.39 is 35.2 Å². The van der Waals surface area contributed by atoms with E-state index in [1.807, 2.05) is 23.1 Å². The van der Waals surface area contributed by atoms with Crippen molar-refractivity contribution in [3.63, 3.8) is 0 Å². The van der Waals surface area contributed by atoms with Gasteiger partial charge in [0.25, 0.3) is 0 Å². The number of benzene rings is 3. The minimum absolute atomic E-state index is 0.00219. The van der Waals surface area contributed by atoms with Crippen molar-refractivity contribution in [2.75, 3.05) is 70.5 Å². The lowest BCUT2D eigenvalue weighted by Gasteiger charge is -2.42. The molecule has 6 atom stereocenters. The standard InChI is InChI=1S/C63H71F2N11O9/c1-6-42-46(64)15-14-37-10-7-12-43(51(37)42)53-52(65)54-44(27-66-53)56(73-29-40-26-45(62(2,3)4)49(32-73)75(40)60(80)81)69-58(68-54)85-35-63-21-9-23-74(63)39(18-22-63)34-84-61(82)72-24-19-36(20-25-72)33-83-41-30-71(31-41)28-38-11-8-13-47-55(38)70(5)59(79)76(47)48-16-17-50(77)67-57(48)78/h1,7-8,10-15,27,36,39-41,45,48-49H,9,16-26,28-35H2,2-5H3,(H,80,81)(H,67,77,78)/t39-,40?,45?,48?,49?,63-/m0/s1. The molecule has 0 aliphatic carbocycles. The SMILES string of the molecule is C#Cc1c(F)ccc2cccc(-c3ncc4c(N5CC6CC(C(C)(C)C)C(C5)N6C(=O)O)nc(OC[C@@]56CCCN5[C@H](COC(=O)N5CCC(COC7CN(Cc8cccc9c8n(C)c(=O)n9C8CCC(=O)NC8=O)C7)CC5)CC6)nc4c3F)c12. The van der Waals surface area contributed by atoms with E-state index in [1.165, 1.54) is 16.8 Å². The van der Waals surface area contributed by atoms with Gasteiger partial charge in [-0.1, -0.05) is 63.1 Å². The molecule has 7 aliphatic rings. The van der Waals surface area contributed by atoms with Gasteiger partial charge >= 0.3 is 23.9 Å². The number of hydrogen-bond donors (Lipinski definition) is 2. The number of carboxylic acid groups (broad SMARTS) is 1. The first-order valence-electron chi connectivity index (χ1n) is 29.9. The normalized spacial score (nSPS) is 25.0. The fourth-order valence-corrected chi connectivity index (χ4v) is 15.2. The maximum atomic E-state index is 17.5. The highest BCUT2D eigenvalue weighted by Gasteiger charge is 2.53. The van der Waals surface area contributed by atoms with Crippen molar-refractivity contribution in [1.29, 1.82) is 0 Å². The average Bonchev–Trinajstić information content (AvgIpc) is 1.97. The number of carbonyl (C=O) groups is 4. The van der Waals surface area contributed by atoms with Crippen LogP contribution in [-0.4, -0.2) is 168 Å². The number of aryl methyl sites for hydroxylation is 1. The Balaban J connectivity index is 0.639. The Labute approximate surface area is 490 Å². The van der Waals surface area contributed by atoms with Gasteiger partial charge in [-0.2, -0.15) is 9.97 Å². The molecule has 0 spiro atoms. The Morgan fingerprint density at radius 3 is 2.51 bits per heavy atom. The van der Waals surface area contributed by atoms with E-state index in [9.17, 15) is 29.1 Å². The molecule has 0 saturated carbocycles. The van der Waals surface area contributed by atoms with Gasteiger partial charge in [-0.05, 0) is 98.2 Å². The number of nitrogens with zero attached hydrogens (tertiary/aromatic N) is 10. The lowest BCUT2D eigenvalue weighted by atomic mass is 9.76. The largest absolute Gasteiger partial charge is 0.465 e. The molecule has 4 amide bonds. The molecule has 446 valence electrons. The van der Waals surface area contributed by atoms with Crippen molar-refractivity contribution in [2.24, 2.45) is 24.3 Å². The predicted octanol–water partition coefficient (Wildman–Crippen LogP) is 7.46. The Hall–Kier alpha value is -7.74. The molecule has 7 saturated heterocycles. The molecule has 7 fully saturated rings. The number of rotatable bonds is 13. The second-order valence-corrected chi connectivity index (χ2v) is 25.6. The number of anilines is 1. The summed E-state index contributed by atoms with van der Waals surface area (Å²) in [6.45, 7) is 12.1. The van der Waals surface area contributed by atoms with Crippen molar-refractivity contribution in [2.45, 2.75) is 121 Å². The van der Waals surface area contributed by atoms with E-state index in [1.54, 1.807) is 45.7 Å². The fourth-order valence-electron chi connectivity index (χ4n) is 15.2. The van der Waals surface area contributed by atoms with Crippen LogP contribution < -0.4 is 20.6 Å². The minimum atomic E-state index is -0.969. The van der Waals surface area contributed by atoms with Crippen LogP contribution in [0.2, 0.25) is 0 Å². The highest BCUT2D eigenvalue weighted by molar-refractivity contribution is 6.02. The van der Waals surface area contributed by atoms with E-state index in [2.05, 4.69) is 46.8 Å². The maximum Gasteiger partial charge on any atom is 0.409 e. The average molecular weight is 1160 g/mol. The molecule has 2 bridgehead atoms. The van der Waals surface area contributed by atoms with Gasteiger partial charge in [-0.25, -0.2) is 23.2 Å². The molecule has 7 aliphatic heterocycles. The molecule has 13 rings (SSSR count). The van der Waals surface area contributed by atoms with Gasteiger partial charge in [0.05, 0.1) is 52.3 Å². The van der Waals surface area contributed by atoms with Gasteiger partial charge in [0, 0.05) is 82.5 Å². The van der Waals surface area contributed by atoms with Crippen LogP contribution in [0.15, 0.2) is 59.5 Å². The second-order valence-electron chi connectivity index (χ2n) is 25.6. The third-order valence-electron chi connectivity index (χ3n) is 19.6. The van der Waals surface area contributed by atoms with Crippen molar-refractivity contribution >= 4 is 62.5 Å². The summed E-state index contributed by atoms with van der Waals surface area (Å²) >= 11 is 0. The zero-order chi connectivity index (χ0) is 59.2. The Kier molecular flexibility index (Phi) is 14.6. The molecule has 4 unspecified atom stereocenters. The number of piperazine rings is 1. The number of aromatic nitrogens is 5. The summed E-state index contributed by atoms with van der Waals surface area (Å²) in [7, 11) is 1.72. The van der Waals surface area contributed by atoms with Crippen LogP contribution in [0.25, 0.3) is 44.0 Å². The lowest BCUT2D eigenvalue weighted by Crippen LogP contribution is -2.57. The van der Waals surface area contributed by atoms with Gasteiger partial charge in [-0.15, -0.1) is 6.42 Å². The number of amides is 4. The topological polar surface area (TPSA) is 210 Å². The highest BCUT2D eigenvalue weighted by Crippen LogP contribution is 2.47. The summed E-state index contributed by atoms with van der Waals surface area (Å²) < 4.78 is 54.9. The summed E-state index contributed by atoms with van der Waals surface area (Å²) in [6.07, 6.45) is 12.2. The Bertz CT molecular complexity index is 3790. The zero-order valence-corrected chi connectivity index (χ0v) is 48.4. The number of imide groups is 1. The number of ether oxygens (including phenoxy) is 3. The number of likely N-dealkylation sites (tertiary alicyclic amines) is 2. The number of para-hydroxylation sites is 1. The third kappa shape index (κ3) is 10.1. The van der Waals surface area contributed by atoms with Crippen LogP contribution >= 0.6 is 0 Å². The fraction of sp³-hybridized carbons (Fsp3) is 0.524. The molecule has 0 radical (unpaired) electrons. The smallest absolute Gasteiger partial charge is 0.409 e. The lowest BCUT2D eigenvalue weighted by molar-refractivity contribution is -0.135. The Morgan fingerprint density at radius 1 is 0.941 bits per heavy atom. The van der Waals surface area contributed by atoms with E-state index in [0.717, 1.165) is 69.2 Å². The zero-order valence-electron chi connectivity index (χ0n) is 48.4. The van der Waals surface area contributed by atoms with E-state index in [-0.39, 0.29) is 102 Å². The number of carbonyl (C=O) groups excluding carboxylic acids is 3. The number of piperidine rings is 2. The van der Waals surface area contributed by atoms with Crippen LogP contribution in [0.4, 0.5) is 24.2 Å². The number of pyridine rings is 1. The molecule has 3 aromatic carbocycles. The molecule has 2 N–H and O–H groups in total. The highest BCUT2D eigenvalue weighted by atomic mass is 19.1. The number of nitrogens with one attached hydrogen (secondary N) is 1. The molecule has 6 aromatic rings. The summed E-state index contributed by atoms with van der Waals surface area (Å²) in [5.74, 6) is 1.07. The van der Waals surface area contributed by atoms with E-state index in [4.69, 9.17) is 30.6 Å². The molecular formula is C63H71F2N11O9. The van der Waals surface area contributed by atoms with Gasteiger partial charge in [-0.3, -0.25) is 43.7 Å². The third-order valence-corrected chi connectivity index (χ3v) is 19.6. The molecule has 3 aromatic heterocycles. The first-order chi connectivity index (χ1) is 40.9. The van der Waals surface area contributed by atoms with Crippen LogP contribution in [0, 0.1) is 41.2 Å². The molecule has 20 nitrogen and oxygen atoms in total. The number of halogens is 2. The van der Waals surface area contributed by atoms with Crippen molar-refractivity contribution < 1.29 is 47.3 Å². The molecule has 22 heteroatoms. The van der Waals surface area contributed by atoms with Crippen molar-refractivity contribution in [3.8, 4) is 29.6 Å². The van der Waals surface area contributed by atoms with Gasteiger partial charge in [0.15, 0.2) is 5.82 Å². The first kappa shape index (κ1) is 56.4. The summed E-state index contributed by atoms with van der Waals surface area (Å²) in [5, 5.41) is 14.1. The summed E-state index contributed by atoms with van der Waals surface area (Å²) in [6, 6.07) is 12.4. The number of hydrogen-bond acceptors (Lipinski definition) is 14. The van der Waals surface area contributed by atoms with Crippen LogP contribution in [0.5, 0.6) is 6.01 Å². The maximum absolute atomic E-state index is 17.5. The summed E-state index contributed by atoms with van der Waals surface area (Å²) in [4.78, 5) is 88.8. The minimum Gasteiger partial charge on any atom is -0.465 e. The van der Waals surface area contributed by atoms with E-state index in [0.29, 0.717) is 84.7 Å². The second kappa shape index (κ2) is 22.0. The van der Waals surface area contributed by atoms with Crippen LogP contribution in [0.1, 0.15) is 95.7 Å². The molecule has 10 heterocycles. The Morgan fingerprint density at radius 2 is 1.74 bits per heavy atom. The van der Waals surface area contributed by atoms with Crippen molar-refractivity contribution in [1.82, 2.24) is 49.0 Å². The van der Waals surface area contributed by atoms with Crippen molar-refractivity contribution in [3.05, 3.63) is 88.0 Å². The number of fused-ring (bicyclic) bond motifs is 6. The van der Waals surface area contributed by atoms with Gasteiger partial charge in [0.2, 0.25) is 11.8 Å².